The first-order valence-corrected chi connectivity index (χ1v) is 7.15. The molecule has 2 aliphatic carbocycles. The molecule has 0 unspecified atom stereocenters. The van der Waals surface area contributed by atoms with E-state index in [0.29, 0.717) is 17.6 Å². The second kappa shape index (κ2) is 4.09. The molecule has 0 aromatic heterocycles. The Bertz CT molecular complexity index is 304. The average molecular weight is 289 g/mol. The molecule has 92 valence electrons. The van der Waals surface area contributed by atoms with Crippen molar-refractivity contribution in [2.24, 2.45) is 23.2 Å². The summed E-state index contributed by atoms with van der Waals surface area (Å²) >= 11 is 3.57. The van der Waals surface area contributed by atoms with Gasteiger partial charge in [0.05, 0.1) is 10.9 Å². The van der Waals surface area contributed by atoms with Crippen LogP contribution in [0.3, 0.4) is 0 Å². The summed E-state index contributed by atoms with van der Waals surface area (Å²) in [6.07, 6.45) is 2.49. The van der Waals surface area contributed by atoms with Crippen LogP contribution in [0.25, 0.3) is 0 Å². The Morgan fingerprint density at radius 1 is 1.44 bits per heavy atom. The van der Waals surface area contributed by atoms with E-state index in [9.17, 15) is 9.90 Å². The number of aliphatic hydroxyl groups is 1. The van der Waals surface area contributed by atoms with Crippen molar-refractivity contribution < 1.29 is 9.90 Å². The monoisotopic (exact) mass is 288 g/mol. The zero-order chi connectivity index (χ0) is 12.1. The van der Waals surface area contributed by atoms with Crippen LogP contribution in [-0.4, -0.2) is 21.8 Å². The Morgan fingerprint density at radius 2 is 2.06 bits per heavy atom. The Labute approximate surface area is 106 Å². The number of ketones is 1. The van der Waals surface area contributed by atoms with E-state index < -0.39 is 0 Å². The quantitative estimate of drug-likeness (QED) is 0.696. The first-order chi connectivity index (χ1) is 7.38. The van der Waals surface area contributed by atoms with Gasteiger partial charge in [-0.2, -0.15) is 0 Å². The van der Waals surface area contributed by atoms with Gasteiger partial charge in [0.25, 0.3) is 0 Å². The van der Waals surface area contributed by atoms with Crippen molar-refractivity contribution in [1.29, 1.82) is 0 Å². The Hall–Kier alpha value is 0.110. The van der Waals surface area contributed by atoms with E-state index in [1.165, 1.54) is 0 Å². The first-order valence-electron chi connectivity index (χ1n) is 6.23. The van der Waals surface area contributed by atoms with Crippen LogP contribution < -0.4 is 0 Å². The molecule has 6 atom stereocenters. The number of Topliss-reactive ketones (excluding diaryl/α,β-unsaturated/α-hetero) is 1. The van der Waals surface area contributed by atoms with E-state index in [4.69, 9.17) is 0 Å². The van der Waals surface area contributed by atoms with Crippen molar-refractivity contribution in [3.8, 4) is 0 Å². The van der Waals surface area contributed by atoms with Crippen LogP contribution in [0.2, 0.25) is 0 Å². The summed E-state index contributed by atoms with van der Waals surface area (Å²) < 4.78 is 0. The van der Waals surface area contributed by atoms with Crippen LogP contribution in [0.15, 0.2) is 0 Å². The third kappa shape index (κ3) is 1.67. The third-order valence-electron chi connectivity index (χ3n) is 5.25. The van der Waals surface area contributed by atoms with Gasteiger partial charge in [0.2, 0.25) is 0 Å². The third-order valence-corrected chi connectivity index (χ3v) is 6.34. The molecule has 0 aromatic carbocycles. The Kier molecular flexibility index (Phi) is 3.21. The molecule has 0 saturated heterocycles. The van der Waals surface area contributed by atoms with Gasteiger partial charge < -0.3 is 5.11 Å². The second-order valence-corrected chi connectivity index (χ2v) is 6.91. The maximum Gasteiger partial charge on any atom is 0.149 e. The van der Waals surface area contributed by atoms with Gasteiger partial charge in [-0.1, -0.05) is 36.7 Å². The minimum Gasteiger partial charge on any atom is -0.393 e. The van der Waals surface area contributed by atoms with Crippen LogP contribution in [0, 0.1) is 23.2 Å². The number of alkyl halides is 1. The van der Waals surface area contributed by atoms with Gasteiger partial charge >= 0.3 is 0 Å². The summed E-state index contributed by atoms with van der Waals surface area (Å²) in [7, 11) is 0. The van der Waals surface area contributed by atoms with Gasteiger partial charge in [0, 0.05) is 5.92 Å². The zero-order valence-corrected chi connectivity index (χ0v) is 11.8. The molecular weight excluding hydrogens is 268 g/mol. The molecule has 2 nitrogen and oxygen atoms in total. The van der Waals surface area contributed by atoms with Gasteiger partial charge in [-0.05, 0) is 36.5 Å². The molecule has 0 spiro atoms. The number of aliphatic hydroxyl groups excluding tert-OH is 1. The van der Waals surface area contributed by atoms with Crippen LogP contribution in [0.5, 0.6) is 0 Å². The highest BCUT2D eigenvalue weighted by atomic mass is 79.9. The summed E-state index contributed by atoms with van der Waals surface area (Å²) in [5.41, 5.74) is 0.209. The number of hydrogen-bond acceptors (Lipinski definition) is 2. The van der Waals surface area contributed by atoms with E-state index in [1.807, 2.05) is 6.92 Å². The highest BCUT2D eigenvalue weighted by Crippen LogP contribution is 2.55. The summed E-state index contributed by atoms with van der Waals surface area (Å²) in [4.78, 5) is 12.1. The summed E-state index contributed by atoms with van der Waals surface area (Å²) in [5.74, 6) is 1.19. The number of carbonyl (C=O) groups excluding carboxylic acids is 1. The smallest absolute Gasteiger partial charge is 0.149 e. The van der Waals surface area contributed by atoms with Gasteiger partial charge in [-0.15, -0.1) is 0 Å². The fraction of sp³-hybridized carbons (Fsp3) is 0.923. The summed E-state index contributed by atoms with van der Waals surface area (Å²) in [6.45, 7) is 6.55. The highest BCUT2D eigenvalue weighted by molar-refractivity contribution is 9.10. The lowest BCUT2D eigenvalue weighted by Crippen LogP contribution is -2.55. The number of hydrogen-bond donors (Lipinski definition) is 1. The number of rotatable bonds is 0. The Morgan fingerprint density at radius 3 is 2.69 bits per heavy atom. The molecule has 2 rings (SSSR count). The molecule has 16 heavy (non-hydrogen) atoms. The molecule has 1 N–H and O–H groups in total. The number of fused-ring (bicyclic) bond motifs is 1. The fourth-order valence-corrected chi connectivity index (χ4v) is 4.87. The lowest BCUT2D eigenvalue weighted by molar-refractivity contribution is -0.137. The highest BCUT2D eigenvalue weighted by Gasteiger charge is 2.54. The van der Waals surface area contributed by atoms with E-state index in [1.54, 1.807) is 0 Å². The van der Waals surface area contributed by atoms with Crippen molar-refractivity contribution in [2.75, 3.05) is 0 Å². The van der Waals surface area contributed by atoms with Crippen molar-refractivity contribution in [2.45, 2.75) is 51.0 Å². The fourth-order valence-electron chi connectivity index (χ4n) is 3.63. The van der Waals surface area contributed by atoms with Crippen molar-refractivity contribution in [3.05, 3.63) is 0 Å². The van der Waals surface area contributed by atoms with Gasteiger partial charge in [0.15, 0.2) is 0 Å². The topological polar surface area (TPSA) is 37.3 Å². The van der Waals surface area contributed by atoms with E-state index in [2.05, 4.69) is 29.8 Å². The molecule has 0 aromatic rings. The molecular formula is C13H21BrO2. The first kappa shape index (κ1) is 12.6. The lowest BCUT2D eigenvalue weighted by atomic mass is 9.52. The van der Waals surface area contributed by atoms with Crippen molar-refractivity contribution in [1.82, 2.24) is 0 Å². The predicted octanol–water partition coefficient (Wildman–Crippen LogP) is 2.77. The number of halogens is 1. The maximum absolute atomic E-state index is 12.1. The molecule has 2 aliphatic rings. The minimum absolute atomic E-state index is 0.0568. The average Bonchev–Trinajstić information content (AvgIpc) is 2.27. The second-order valence-electron chi connectivity index (χ2n) is 5.92. The largest absolute Gasteiger partial charge is 0.393 e. The molecule has 0 aliphatic heterocycles. The van der Waals surface area contributed by atoms with E-state index in [-0.39, 0.29) is 22.3 Å². The van der Waals surface area contributed by atoms with Crippen LogP contribution in [0.4, 0.5) is 0 Å². The van der Waals surface area contributed by atoms with Gasteiger partial charge in [-0.3, -0.25) is 4.79 Å². The molecule has 3 heteroatoms. The maximum atomic E-state index is 12.1. The zero-order valence-electron chi connectivity index (χ0n) is 10.2. The van der Waals surface area contributed by atoms with E-state index >= 15 is 0 Å². The number of carbonyl (C=O) groups is 1. The predicted molar refractivity (Wildman–Crippen MR) is 67.5 cm³/mol. The van der Waals surface area contributed by atoms with Gasteiger partial charge in [0.1, 0.15) is 5.78 Å². The Balaban J connectivity index is 2.33. The summed E-state index contributed by atoms with van der Waals surface area (Å²) in [6, 6.07) is 0. The molecule has 0 amide bonds. The van der Waals surface area contributed by atoms with Gasteiger partial charge in [-0.25, -0.2) is 0 Å². The molecule has 0 bridgehead atoms. The summed E-state index contributed by atoms with van der Waals surface area (Å²) in [5, 5.41) is 9.79. The normalized spacial score (nSPS) is 53.6. The molecule has 0 radical (unpaired) electrons. The van der Waals surface area contributed by atoms with Crippen molar-refractivity contribution >= 4 is 21.7 Å². The SMILES string of the molecule is C[C@@H]1C(=O)[C@@H](Br)[C@H]2C[C@@H](O)CC[C@@]2(C)[C@@H]1C. The molecule has 2 fully saturated rings. The van der Waals surface area contributed by atoms with Crippen LogP contribution >= 0.6 is 15.9 Å². The van der Waals surface area contributed by atoms with Crippen molar-refractivity contribution in [3.63, 3.8) is 0 Å². The minimum atomic E-state index is -0.216. The standard InChI is InChI=1S/C13H21BrO2/c1-7-8(2)13(3)5-4-9(15)6-10(13)11(14)12(7)16/h7-11,15H,4-6H2,1-3H3/t7-,8+,9-,10+,11-,13-/m0/s1. The van der Waals surface area contributed by atoms with Crippen LogP contribution in [-0.2, 0) is 4.79 Å². The molecule has 0 heterocycles. The lowest BCUT2D eigenvalue weighted by Gasteiger charge is -2.54. The van der Waals surface area contributed by atoms with E-state index in [0.717, 1.165) is 19.3 Å². The van der Waals surface area contributed by atoms with Crippen LogP contribution in [0.1, 0.15) is 40.0 Å². The molecule has 2 saturated carbocycles.